The van der Waals surface area contributed by atoms with Gasteiger partial charge in [0.25, 0.3) is 0 Å². The van der Waals surface area contributed by atoms with Crippen LogP contribution in [0.15, 0.2) is 0 Å². The number of rotatable bonds is 3. The lowest BCUT2D eigenvalue weighted by Gasteiger charge is -2.60. The zero-order valence-electron chi connectivity index (χ0n) is 14.7. The van der Waals surface area contributed by atoms with E-state index in [1.165, 1.54) is 6.42 Å². The van der Waals surface area contributed by atoms with Crippen LogP contribution in [0.25, 0.3) is 0 Å². The van der Waals surface area contributed by atoms with E-state index in [-0.39, 0.29) is 18.5 Å². The maximum atomic E-state index is 6.31. The second-order valence-corrected chi connectivity index (χ2v) is 8.14. The zero-order chi connectivity index (χ0) is 16.2. The normalized spacial score (nSPS) is 55.3. The average molecular weight is 326 g/mol. The van der Waals surface area contributed by atoms with Crippen molar-refractivity contribution in [3.63, 3.8) is 0 Å². The molecule has 5 aliphatic rings. The summed E-state index contributed by atoms with van der Waals surface area (Å²) in [6.45, 7) is 9.36. The lowest BCUT2D eigenvalue weighted by atomic mass is 9.58. The molecule has 0 N–H and O–H groups in total. The van der Waals surface area contributed by atoms with Gasteiger partial charge in [-0.3, -0.25) is 0 Å². The molecular formula is C18H30O5. The highest BCUT2D eigenvalue weighted by atomic mass is 17.3. The van der Waals surface area contributed by atoms with Gasteiger partial charge in [0.15, 0.2) is 18.2 Å². The van der Waals surface area contributed by atoms with Crippen LogP contribution in [-0.4, -0.2) is 30.6 Å². The van der Waals surface area contributed by atoms with Crippen molar-refractivity contribution in [2.75, 3.05) is 6.61 Å². The van der Waals surface area contributed by atoms with Crippen LogP contribution in [0.5, 0.6) is 0 Å². The van der Waals surface area contributed by atoms with E-state index in [1.807, 2.05) is 6.92 Å². The molecule has 5 rings (SSSR count). The van der Waals surface area contributed by atoms with Gasteiger partial charge in [0.1, 0.15) is 0 Å². The van der Waals surface area contributed by atoms with Crippen LogP contribution in [0.3, 0.4) is 0 Å². The molecule has 2 bridgehead atoms. The summed E-state index contributed by atoms with van der Waals surface area (Å²) in [4.78, 5) is 11.9. The van der Waals surface area contributed by atoms with Gasteiger partial charge in [-0.15, -0.1) is 0 Å². The first-order valence-corrected chi connectivity index (χ1v) is 9.32. The van der Waals surface area contributed by atoms with Crippen molar-refractivity contribution in [2.45, 2.75) is 83.8 Å². The van der Waals surface area contributed by atoms with Crippen molar-refractivity contribution in [2.24, 2.45) is 23.7 Å². The van der Waals surface area contributed by atoms with E-state index in [4.69, 9.17) is 24.0 Å². The van der Waals surface area contributed by atoms with Gasteiger partial charge in [-0.25, -0.2) is 9.78 Å². The summed E-state index contributed by atoms with van der Waals surface area (Å²) in [7, 11) is 0. The van der Waals surface area contributed by atoms with Gasteiger partial charge in [0.05, 0.1) is 0 Å². The van der Waals surface area contributed by atoms with Crippen LogP contribution < -0.4 is 0 Å². The Balaban J connectivity index is 1.70. The molecule has 1 unspecified atom stereocenters. The summed E-state index contributed by atoms with van der Waals surface area (Å²) in [5.74, 6) is 0.956. The minimum Gasteiger partial charge on any atom is -0.352 e. The van der Waals surface area contributed by atoms with Crippen LogP contribution >= 0.6 is 0 Å². The lowest BCUT2D eigenvalue weighted by molar-refractivity contribution is -0.577. The van der Waals surface area contributed by atoms with Crippen molar-refractivity contribution in [1.82, 2.24) is 0 Å². The molecule has 0 aromatic rings. The summed E-state index contributed by atoms with van der Waals surface area (Å²) in [5, 5.41) is 0. The fourth-order valence-corrected chi connectivity index (χ4v) is 5.30. The second kappa shape index (κ2) is 5.67. The zero-order valence-corrected chi connectivity index (χ0v) is 14.7. The third-order valence-corrected chi connectivity index (χ3v) is 6.58. The number of hydrogen-bond donors (Lipinski definition) is 0. The van der Waals surface area contributed by atoms with Gasteiger partial charge in [-0.1, -0.05) is 20.8 Å². The Morgan fingerprint density at radius 3 is 2.70 bits per heavy atom. The van der Waals surface area contributed by atoms with Gasteiger partial charge in [-0.05, 0) is 44.4 Å². The van der Waals surface area contributed by atoms with Gasteiger partial charge in [-0.2, -0.15) is 0 Å². The Morgan fingerprint density at radius 2 is 1.91 bits per heavy atom. The fraction of sp³-hybridized carbons (Fsp3) is 1.00. The SMILES string of the molecule is CCCOC1O[C@@H]2O[C@@]3(C)CC[C@H]4[C@H](C)CC[C@@H]([C@H]1C)[C@@]24OO3. The number of fused-ring (bicyclic) bond motifs is 2. The fourth-order valence-electron chi connectivity index (χ4n) is 5.30. The second-order valence-electron chi connectivity index (χ2n) is 8.14. The largest absolute Gasteiger partial charge is 0.352 e. The molecule has 1 aliphatic carbocycles. The molecule has 5 nitrogen and oxygen atoms in total. The quantitative estimate of drug-likeness (QED) is 0.741. The highest BCUT2D eigenvalue weighted by Crippen LogP contribution is 2.60. The minimum absolute atomic E-state index is 0.212. The van der Waals surface area contributed by atoms with E-state index in [9.17, 15) is 0 Å². The van der Waals surface area contributed by atoms with Crippen molar-refractivity contribution in [3.8, 4) is 0 Å². The third kappa shape index (κ3) is 2.31. The Kier molecular flexibility index (Phi) is 4.01. The maximum absolute atomic E-state index is 6.31. The number of hydrogen-bond acceptors (Lipinski definition) is 5. The molecule has 4 saturated heterocycles. The van der Waals surface area contributed by atoms with Crippen molar-refractivity contribution in [1.29, 1.82) is 0 Å². The van der Waals surface area contributed by atoms with Gasteiger partial charge < -0.3 is 14.2 Å². The molecule has 132 valence electrons. The predicted molar refractivity (Wildman–Crippen MR) is 83.1 cm³/mol. The maximum Gasteiger partial charge on any atom is 0.201 e. The van der Waals surface area contributed by atoms with E-state index in [1.54, 1.807) is 0 Å². The standard InChI is InChI=1S/C18H30O5/c1-5-10-19-15-12(3)14-7-6-11(2)13-8-9-17(4)21-16(20-15)18(13,14)23-22-17/h11-16H,5-10H2,1-4H3/t11-,12-,13+,14+,15?,16-,17-,18-/m1/s1. The molecule has 4 heterocycles. The molecule has 5 fully saturated rings. The molecule has 5 heteroatoms. The average Bonchev–Trinajstić information content (AvgIpc) is 2.76. The molecule has 1 saturated carbocycles. The van der Waals surface area contributed by atoms with E-state index >= 15 is 0 Å². The van der Waals surface area contributed by atoms with Gasteiger partial charge >= 0.3 is 0 Å². The van der Waals surface area contributed by atoms with Crippen LogP contribution in [0.2, 0.25) is 0 Å². The highest BCUT2D eigenvalue weighted by molar-refractivity contribution is 5.09. The third-order valence-electron chi connectivity index (χ3n) is 6.58. The Hall–Kier alpha value is -0.200. The molecule has 8 atom stereocenters. The van der Waals surface area contributed by atoms with E-state index in [0.29, 0.717) is 17.8 Å². The smallest absolute Gasteiger partial charge is 0.201 e. The molecular weight excluding hydrogens is 296 g/mol. The van der Waals surface area contributed by atoms with Crippen LogP contribution in [-0.2, 0) is 24.0 Å². The molecule has 4 aliphatic heterocycles. The first-order valence-electron chi connectivity index (χ1n) is 9.32. The minimum atomic E-state index is -0.701. The van der Waals surface area contributed by atoms with Crippen LogP contribution in [0.4, 0.5) is 0 Å². The monoisotopic (exact) mass is 326 g/mol. The summed E-state index contributed by atoms with van der Waals surface area (Å²) >= 11 is 0. The Labute approximate surface area is 138 Å². The van der Waals surface area contributed by atoms with Gasteiger partial charge in [0, 0.05) is 24.9 Å². The molecule has 0 radical (unpaired) electrons. The molecule has 0 aromatic heterocycles. The Bertz CT molecular complexity index is 457. The molecule has 1 spiro atoms. The predicted octanol–water partition coefficient (Wildman–Crippen LogP) is 3.62. The van der Waals surface area contributed by atoms with Crippen LogP contribution in [0.1, 0.15) is 59.8 Å². The molecule has 0 amide bonds. The van der Waals surface area contributed by atoms with E-state index < -0.39 is 11.4 Å². The highest BCUT2D eigenvalue weighted by Gasteiger charge is 2.69. The molecule has 0 aromatic carbocycles. The summed E-state index contributed by atoms with van der Waals surface area (Å²) < 4.78 is 18.6. The van der Waals surface area contributed by atoms with Crippen molar-refractivity contribution in [3.05, 3.63) is 0 Å². The van der Waals surface area contributed by atoms with E-state index in [0.717, 1.165) is 32.3 Å². The molecule has 23 heavy (non-hydrogen) atoms. The van der Waals surface area contributed by atoms with Gasteiger partial charge in [0.2, 0.25) is 5.79 Å². The topological polar surface area (TPSA) is 46.2 Å². The lowest BCUT2D eigenvalue weighted by Crippen LogP contribution is -2.70. The van der Waals surface area contributed by atoms with E-state index in [2.05, 4.69) is 20.8 Å². The van der Waals surface area contributed by atoms with Crippen molar-refractivity contribution < 1.29 is 24.0 Å². The summed E-state index contributed by atoms with van der Waals surface area (Å²) in [5.41, 5.74) is -0.473. The van der Waals surface area contributed by atoms with Crippen molar-refractivity contribution >= 4 is 0 Å². The summed E-state index contributed by atoms with van der Waals surface area (Å²) in [6.07, 6.45) is 4.66. The number of ether oxygens (including phenoxy) is 3. The first kappa shape index (κ1) is 16.3. The first-order chi connectivity index (χ1) is 11.0. The summed E-state index contributed by atoms with van der Waals surface area (Å²) in [6, 6.07) is 0. The Morgan fingerprint density at radius 1 is 1.09 bits per heavy atom. The van der Waals surface area contributed by atoms with Crippen LogP contribution in [0, 0.1) is 23.7 Å².